The lowest BCUT2D eigenvalue weighted by molar-refractivity contribution is -0.155. The highest BCUT2D eigenvalue weighted by molar-refractivity contribution is 7.85. The van der Waals surface area contributed by atoms with Crippen molar-refractivity contribution in [1.82, 2.24) is 0 Å². The summed E-state index contributed by atoms with van der Waals surface area (Å²) in [4.78, 5) is 11.9. The van der Waals surface area contributed by atoms with Crippen molar-refractivity contribution < 1.29 is 26.5 Å². The van der Waals surface area contributed by atoms with Gasteiger partial charge in [-0.2, -0.15) is 8.42 Å². The Kier molecular flexibility index (Phi) is 6.30. The molecule has 1 atom stereocenters. The average molecular weight is 346 g/mol. The maximum atomic E-state index is 14.0. The van der Waals surface area contributed by atoms with Gasteiger partial charge in [0, 0.05) is 5.56 Å². The van der Waals surface area contributed by atoms with Gasteiger partial charge in [0.25, 0.3) is 10.1 Å². The van der Waals surface area contributed by atoms with E-state index in [2.05, 4.69) is 4.18 Å². The molecule has 0 saturated carbocycles. The summed E-state index contributed by atoms with van der Waals surface area (Å²) in [5.41, 5.74) is 0.0644. The molecule has 1 aromatic carbocycles. The van der Waals surface area contributed by atoms with Gasteiger partial charge in [-0.25, -0.2) is 4.39 Å². The second-order valence-corrected chi connectivity index (χ2v) is 8.11. The van der Waals surface area contributed by atoms with Gasteiger partial charge < -0.3 is 4.74 Å². The van der Waals surface area contributed by atoms with Gasteiger partial charge in [0.15, 0.2) is 0 Å². The first kappa shape index (κ1) is 19.6. The van der Waals surface area contributed by atoms with Crippen molar-refractivity contribution in [3.05, 3.63) is 35.1 Å². The zero-order valence-electron chi connectivity index (χ0n) is 14.1. The number of hydrogen-bond acceptors (Lipinski definition) is 5. The lowest BCUT2D eigenvalue weighted by atomic mass is 9.93. The Morgan fingerprint density at radius 3 is 2.43 bits per heavy atom. The molecule has 5 nitrogen and oxygen atoms in total. The smallest absolute Gasteiger partial charge is 0.306 e. The van der Waals surface area contributed by atoms with Gasteiger partial charge in [0.05, 0.1) is 19.3 Å². The first-order chi connectivity index (χ1) is 10.4. The molecule has 0 spiro atoms. The fourth-order valence-corrected chi connectivity index (χ4v) is 2.43. The molecule has 0 aliphatic rings. The molecule has 130 valence electrons. The Morgan fingerprint density at radius 2 is 1.91 bits per heavy atom. The molecule has 0 saturated heterocycles. The molecule has 0 bridgehead atoms. The number of benzene rings is 1. The van der Waals surface area contributed by atoms with Crippen LogP contribution in [0.1, 0.15) is 51.2 Å². The van der Waals surface area contributed by atoms with E-state index < -0.39 is 34.1 Å². The Morgan fingerprint density at radius 1 is 1.30 bits per heavy atom. The van der Waals surface area contributed by atoms with E-state index in [0.717, 1.165) is 6.26 Å². The molecule has 0 radical (unpaired) electrons. The third-order valence-electron chi connectivity index (χ3n) is 3.00. The Labute approximate surface area is 136 Å². The highest BCUT2D eigenvalue weighted by Crippen LogP contribution is 2.27. The summed E-state index contributed by atoms with van der Waals surface area (Å²) < 4.78 is 46.2. The SMILES string of the molecule is C[C@H](CC(=O)OC(C)(C)C)c1cccc(F)c1COS(C)(=O)=O. The van der Waals surface area contributed by atoms with Gasteiger partial charge >= 0.3 is 5.97 Å². The number of carbonyl (C=O) groups excluding carboxylic acids is 1. The van der Waals surface area contributed by atoms with E-state index in [1.54, 1.807) is 33.8 Å². The van der Waals surface area contributed by atoms with Crippen molar-refractivity contribution >= 4 is 16.1 Å². The van der Waals surface area contributed by atoms with Crippen LogP contribution in [0.25, 0.3) is 0 Å². The predicted molar refractivity (Wildman–Crippen MR) is 84.9 cm³/mol. The molecular weight excluding hydrogens is 323 g/mol. The number of ether oxygens (including phenoxy) is 1. The Bertz CT molecular complexity index is 662. The summed E-state index contributed by atoms with van der Waals surface area (Å²) >= 11 is 0. The lowest BCUT2D eigenvalue weighted by Gasteiger charge is -2.22. The van der Waals surface area contributed by atoms with Crippen LogP contribution < -0.4 is 0 Å². The van der Waals surface area contributed by atoms with Crippen molar-refractivity contribution in [1.29, 1.82) is 0 Å². The minimum absolute atomic E-state index is 0.0621. The molecule has 0 unspecified atom stereocenters. The average Bonchev–Trinajstić information content (AvgIpc) is 2.33. The van der Waals surface area contributed by atoms with Gasteiger partial charge in [0.2, 0.25) is 0 Å². The zero-order chi connectivity index (χ0) is 17.8. The largest absolute Gasteiger partial charge is 0.460 e. The third-order valence-corrected chi connectivity index (χ3v) is 3.54. The molecule has 0 aromatic heterocycles. The molecule has 0 aliphatic carbocycles. The standard InChI is InChI=1S/C16H23FO5S/c1-11(9-15(18)22-16(2,3)4)12-7-6-8-14(17)13(12)10-21-23(5,19)20/h6-8,11H,9-10H2,1-5H3/t11-/m1/s1. The molecule has 1 rings (SSSR count). The monoisotopic (exact) mass is 346 g/mol. The highest BCUT2D eigenvalue weighted by atomic mass is 32.2. The molecule has 1 aromatic rings. The fraction of sp³-hybridized carbons (Fsp3) is 0.562. The normalized spacial score (nSPS) is 13.7. The predicted octanol–water partition coefficient (Wildman–Crippen LogP) is 3.14. The van der Waals surface area contributed by atoms with E-state index in [-0.39, 0.29) is 17.9 Å². The second kappa shape index (κ2) is 7.40. The van der Waals surface area contributed by atoms with Crippen molar-refractivity contribution in [3.63, 3.8) is 0 Å². The minimum Gasteiger partial charge on any atom is -0.460 e. The van der Waals surface area contributed by atoms with Crippen LogP contribution in [-0.4, -0.2) is 26.2 Å². The first-order valence-electron chi connectivity index (χ1n) is 7.22. The van der Waals surface area contributed by atoms with E-state index >= 15 is 0 Å². The summed E-state index contributed by atoms with van der Waals surface area (Å²) in [6.07, 6.45) is 0.963. The summed E-state index contributed by atoms with van der Waals surface area (Å²) in [5, 5.41) is 0. The van der Waals surface area contributed by atoms with Gasteiger partial charge in [-0.1, -0.05) is 19.1 Å². The van der Waals surface area contributed by atoms with Gasteiger partial charge in [-0.05, 0) is 38.3 Å². The number of rotatable bonds is 6. The maximum absolute atomic E-state index is 14.0. The zero-order valence-corrected chi connectivity index (χ0v) is 14.9. The molecule has 0 heterocycles. The molecular formula is C16H23FO5S. The molecule has 0 amide bonds. The summed E-state index contributed by atoms with van der Waals surface area (Å²) in [6, 6.07) is 4.39. The van der Waals surface area contributed by atoms with Crippen LogP contribution in [0.5, 0.6) is 0 Å². The quantitative estimate of drug-likeness (QED) is 0.585. The Balaban J connectivity index is 2.94. The number of hydrogen-bond donors (Lipinski definition) is 0. The number of carbonyl (C=O) groups is 1. The summed E-state index contributed by atoms with van der Waals surface area (Å²) in [6.45, 7) is 6.65. The van der Waals surface area contributed by atoms with E-state index in [1.807, 2.05) is 0 Å². The van der Waals surface area contributed by atoms with Crippen molar-refractivity contribution in [3.8, 4) is 0 Å². The molecule has 23 heavy (non-hydrogen) atoms. The maximum Gasteiger partial charge on any atom is 0.306 e. The van der Waals surface area contributed by atoms with Crippen LogP contribution in [-0.2, 0) is 30.4 Å². The molecule has 7 heteroatoms. The van der Waals surface area contributed by atoms with Crippen LogP contribution in [0.15, 0.2) is 18.2 Å². The van der Waals surface area contributed by atoms with E-state index in [1.165, 1.54) is 12.1 Å². The van der Waals surface area contributed by atoms with Gasteiger partial charge in [-0.15, -0.1) is 0 Å². The number of esters is 1. The minimum atomic E-state index is -3.69. The summed E-state index contributed by atoms with van der Waals surface area (Å²) in [5.74, 6) is -1.30. The Hall–Kier alpha value is -1.47. The van der Waals surface area contributed by atoms with Gasteiger partial charge in [-0.3, -0.25) is 8.98 Å². The molecule has 0 fully saturated rings. The van der Waals surface area contributed by atoms with Crippen molar-refractivity contribution in [2.75, 3.05) is 6.26 Å². The third kappa shape index (κ3) is 7.09. The topological polar surface area (TPSA) is 69.7 Å². The lowest BCUT2D eigenvalue weighted by Crippen LogP contribution is -2.24. The van der Waals surface area contributed by atoms with Crippen LogP contribution in [0, 0.1) is 5.82 Å². The first-order valence-corrected chi connectivity index (χ1v) is 9.04. The van der Waals surface area contributed by atoms with Crippen LogP contribution in [0.3, 0.4) is 0 Å². The molecule has 0 aliphatic heterocycles. The van der Waals surface area contributed by atoms with E-state index in [0.29, 0.717) is 5.56 Å². The van der Waals surface area contributed by atoms with Crippen molar-refractivity contribution in [2.24, 2.45) is 0 Å². The second-order valence-electron chi connectivity index (χ2n) is 6.47. The van der Waals surface area contributed by atoms with Crippen LogP contribution >= 0.6 is 0 Å². The van der Waals surface area contributed by atoms with Crippen LogP contribution in [0.2, 0.25) is 0 Å². The fourth-order valence-electron chi connectivity index (χ4n) is 2.10. The summed E-state index contributed by atoms with van der Waals surface area (Å²) in [7, 11) is -3.69. The van der Waals surface area contributed by atoms with E-state index in [9.17, 15) is 17.6 Å². The van der Waals surface area contributed by atoms with E-state index in [4.69, 9.17) is 4.74 Å². The van der Waals surface area contributed by atoms with Crippen LogP contribution in [0.4, 0.5) is 4.39 Å². The number of halogens is 1. The van der Waals surface area contributed by atoms with Crippen molar-refractivity contribution in [2.45, 2.75) is 52.2 Å². The molecule has 0 N–H and O–H groups in total. The highest BCUT2D eigenvalue weighted by Gasteiger charge is 2.22. The van der Waals surface area contributed by atoms with Gasteiger partial charge in [0.1, 0.15) is 11.4 Å².